The molecule has 0 atom stereocenters. The molecule has 1 saturated carbocycles. The number of rotatable bonds is 7. The van der Waals surface area contributed by atoms with Crippen molar-refractivity contribution >= 4 is 0 Å². The predicted molar refractivity (Wildman–Crippen MR) is 103 cm³/mol. The smallest absolute Gasteiger partial charge is 0.200 e. The number of benzene rings is 2. The Morgan fingerprint density at radius 2 is 1.79 bits per heavy atom. The highest BCUT2D eigenvalue weighted by Crippen LogP contribution is 2.40. The number of aryl methyl sites for hydroxylation is 1. The van der Waals surface area contributed by atoms with Crippen LogP contribution in [0, 0.1) is 23.4 Å². The molecule has 2 nitrogen and oxygen atoms in total. The zero-order valence-electron chi connectivity index (χ0n) is 15.8. The van der Waals surface area contributed by atoms with Gasteiger partial charge in [-0.3, -0.25) is 0 Å². The molecule has 0 radical (unpaired) electrons. The van der Waals surface area contributed by atoms with Crippen LogP contribution in [0.1, 0.15) is 49.1 Å². The molecule has 0 bridgehead atoms. The van der Waals surface area contributed by atoms with E-state index in [0.717, 1.165) is 44.1 Å². The van der Waals surface area contributed by atoms with Crippen molar-refractivity contribution in [2.24, 2.45) is 5.92 Å². The van der Waals surface area contributed by atoms with Crippen LogP contribution in [0.4, 0.5) is 13.2 Å². The second-order valence-electron chi connectivity index (χ2n) is 7.42. The van der Waals surface area contributed by atoms with Gasteiger partial charge in [-0.2, -0.15) is 4.39 Å². The van der Waals surface area contributed by atoms with Crippen LogP contribution in [-0.2, 0) is 6.42 Å². The van der Waals surface area contributed by atoms with E-state index in [1.165, 1.54) is 24.3 Å². The van der Waals surface area contributed by atoms with Gasteiger partial charge in [-0.15, -0.1) is 0 Å². The Hall–Kier alpha value is -2.43. The van der Waals surface area contributed by atoms with Gasteiger partial charge in [0.15, 0.2) is 23.1 Å². The largest absolute Gasteiger partial charge is 0.505 e. The number of halogens is 3. The zero-order chi connectivity index (χ0) is 20.1. The minimum absolute atomic E-state index is 0.00493. The predicted octanol–water partition coefficient (Wildman–Crippen LogP) is 6.28. The molecule has 5 heteroatoms. The zero-order valence-corrected chi connectivity index (χ0v) is 15.8. The Morgan fingerprint density at radius 3 is 2.46 bits per heavy atom. The third kappa shape index (κ3) is 4.70. The summed E-state index contributed by atoms with van der Waals surface area (Å²) in [6.07, 6.45) is 6.61. The number of aromatic hydroxyl groups is 1. The van der Waals surface area contributed by atoms with Crippen LogP contribution in [0.5, 0.6) is 11.5 Å². The van der Waals surface area contributed by atoms with Gasteiger partial charge in [0.2, 0.25) is 5.82 Å². The fourth-order valence-electron chi connectivity index (χ4n) is 3.96. The molecule has 3 rings (SSSR count). The summed E-state index contributed by atoms with van der Waals surface area (Å²) in [5.41, 5.74) is 1.28. The maximum Gasteiger partial charge on any atom is 0.200 e. The Morgan fingerprint density at radius 1 is 1.04 bits per heavy atom. The molecule has 0 heterocycles. The van der Waals surface area contributed by atoms with Crippen molar-refractivity contribution < 1.29 is 23.0 Å². The Labute approximate surface area is 163 Å². The van der Waals surface area contributed by atoms with Crippen LogP contribution >= 0.6 is 0 Å². The lowest BCUT2D eigenvalue weighted by molar-refractivity contribution is 0.300. The fraction of sp³-hybridized carbons (Fsp3) is 0.391. The van der Waals surface area contributed by atoms with Crippen molar-refractivity contribution in [2.75, 3.05) is 6.61 Å². The minimum atomic E-state index is -0.934. The summed E-state index contributed by atoms with van der Waals surface area (Å²) in [7, 11) is 0. The first kappa shape index (κ1) is 20.3. The van der Waals surface area contributed by atoms with Crippen LogP contribution in [0.2, 0.25) is 0 Å². The van der Waals surface area contributed by atoms with Crippen molar-refractivity contribution in [2.45, 2.75) is 44.4 Å². The first-order chi connectivity index (χ1) is 13.5. The summed E-state index contributed by atoms with van der Waals surface area (Å²) in [4.78, 5) is 0. The lowest BCUT2D eigenvalue weighted by atomic mass is 9.76. The fourth-order valence-corrected chi connectivity index (χ4v) is 3.96. The first-order valence-electron chi connectivity index (χ1n) is 9.68. The van der Waals surface area contributed by atoms with Gasteiger partial charge in [0.1, 0.15) is 6.61 Å². The van der Waals surface area contributed by atoms with Crippen molar-refractivity contribution in [1.82, 2.24) is 0 Å². The number of phenolic OH excluding ortho intramolecular Hbond substituents is 1. The monoisotopic (exact) mass is 390 g/mol. The minimum Gasteiger partial charge on any atom is -0.505 e. The molecule has 28 heavy (non-hydrogen) atoms. The van der Waals surface area contributed by atoms with Gasteiger partial charge in [-0.1, -0.05) is 24.8 Å². The molecular weight excluding hydrogens is 365 g/mol. The third-order valence-electron chi connectivity index (χ3n) is 5.57. The highest BCUT2D eigenvalue weighted by atomic mass is 19.2. The van der Waals surface area contributed by atoms with Crippen LogP contribution in [-0.4, -0.2) is 11.7 Å². The summed E-state index contributed by atoms with van der Waals surface area (Å²) in [5, 5.41) is 9.26. The second-order valence-corrected chi connectivity index (χ2v) is 7.42. The van der Waals surface area contributed by atoms with E-state index < -0.39 is 17.5 Å². The lowest BCUT2D eigenvalue weighted by Gasteiger charge is -2.29. The highest BCUT2D eigenvalue weighted by Gasteiger charge is 2.26. The van der Waals surface area contributed by atoms with E-state index in [2.05, 4.69) is 6.58 Å². The summed E-state index contributed by atoms with van der Waals surface area (Å²) >= 11 is 0. The molecule has 1 fully saturated rings. The number of ether oxygens (including phenoxy) is 1. The molecule has 0 aliphatic heterocycles. The maximum absolute atomic E-state index is 14.5. The van der Waals surface area contributed by atoms with Crippen molar-refractivity contribution in [1.29, 1.82) is 0 Å². The summed E-state index contributed by atoms with van der Waals surface area (Å²) in [6.45, 7) is 3.63. The second kappa shape index (κ2) is 9.18. The molecule has 2 aromatic carbocycles. The van der Waals surface area contributed by atoms with Crippen LogP contribution in [0.15, 0.2) is 43.0 Å². The topological polar surface area (TPSA) is 29.5 Å². The SMILES string of the molecule is C=CCOc1ccc(C2CCC(CCc3ccc(O)c(F)c3)CC2)c(F)c1F. The summed E-state index contributed by atoms with van der Waals surface area (Å²) < 4.78 is 47.2. The molecule has 0 aromatic heterocycles. The normalized spacial score (nSPS) is 19.4. The summed E-state index contributed by atoms with van der Waals surface area (Å²) in [6, 6.07) is 7.60. The van der Waals surface area contributed by atoms with Gasteiger partial charge in [0.25, 0.3) is 0 Å². The molecule has 1 aliphatic rings. The molecule has 1 N–H and O–H groups in total. The van der Waals surface area contributed by atoms with Gasteiger partial charge < -0.3 is 9.84 Å². The van der Waals surface area contributed by atoms with E-state index in [0.29, 0.717) is 11.5 Å². The van der Waals surface area contributed by atoms with Gasteiger partial charge in [-0.25, -0.2) is 8.78 Å². The number of hydrogen-bond donors (Lipinski definition) is 1. The maximum atomic E-state index is 14.5. The lowest BCUT2D eigenvalue weighted by Crippen LogP contribution is -2.15. The first-order valence-corrected chi connectivity index (χ1v) is 9.68. The molecular formula is C23H25F3O2. The van der Waals surface area contributed by atoms with E-state index in [1.54, 1.807) is 12.1 Å². The molecule has 0 unspecified atom stereocenters. The van der Waals surface area contributed by atoms with Crippen molar-refractivity contribution in [3.05, 3.63) is 71.6 Å². The standard InChI is InChI=1S/C23H25F3O2/c1-2-13-28-21-12-10-18(22(25)23(21)26)17-8-5-15(6-9-17)3-4-16-7-11-20(27)19(24)14-16/h2,7,10-12,14-15,17,27H,1,3-6,8-9,13H2. The third-order valence-corrected chi connectivity index (χ3v) is 5.57. The molecule has 2 aromatic rings. The van der Waals surface area contributed by atoms with Crippen molar-refractivity contribution in [3.63, 3.8) is 0 Å². The van der Waals surface area contributed by atoms with Crippen LogP contribution in [0.3, 0.4) is 0 Å². The number of hydrogen-bond acceptors (Lipinski definition) is 2. The molecule has 0 amide bonds. The molecule has 0 saturated heterocycles. The van der Waals surface area contributed by atoms with E-state index in [1.807, 2.05) is 0 Å². The van der Waals surface area contributed by atoms with Gasteiger partial charge in [0, 0.05) is 0 Å². The average molecular weight is 390 g/mol. The van der Waals surface area contributed by atoms with Gasteiger partial charge in [-0.05, 0) is 79.7 Å². The Balaban J connectivity index is 1.55. The number of phenols is 1. The van der Waals surface area contributed by atoms with Crippen molar-refractivity contribution in [3.8, 4) is 11.5 Å². The molecule has 1 aliphatic carbocycles. The van der Waals surface area contributed by atoms with Crippen LogP contribution in [0.25, 0.3) is 0 Å². The van der Waals surface area contributed by atoms with E-state index in [9.17, 15) is 18.3 Å². The van der Waals surface area contributed by atoms with E-state index in [4.69, 9.17) is 4.74 Å². The highest BCUT2D eigenvalue weighted by molar-refractivity contribution is 5.33. The quantitative estimate of drug-likeness (QED) is 0.564. The molecule has 0 spiro atoms. The van der Waals surface area contributed by atoms with Crippen LogP contribution < -0.4 is 4.74 Å². The Kier molecular flexibility index (Phi) is 6.65. The van der Waals surface area contributed by atoms with Gasteiger partial charge >= 0.3 is 0 Å². The summed E-state index contributed by atoms with van der Waals surface area (Å²) in [5.74, 6) is -2.28. The molecule has 150 valence electrons. The van der Waals surface area contributed by atoms with E-state index >= 15 is 0 Å². The van der Waals surface area contributed by atoms with E-state index in [-0.39, 0.29) is 24.0 Å². The Bertz CT molecular complexity index is 827. The average Bonchev–Trinajstić information content (AvgIpc) is 2.70. The van der Waals surface area contributed by atoms with Gasteiger partial charge in [0.05, 0.1) is 0 Å².